The highest BCUT2D eigenvalue weighted by molar-refractivity contribution is 5.74. The molecule has 1 rings (SSSR count). The maximum atomic E-state index is 12.7. The molecule has 1 atom stereocenters. The van der Waals surface area contributed by atoms with E-state index in [1.165, 1.54) is 4.90 Å². The van der Waals surface area contributed by atoms with Crippen LogP contribution in [0.5, 0.6) is 0 Å². The fraction of sp³-hybridized carbons (Fsp3) is 0.933. The minimum absolute atomic E-state index is 0.00493. The van der Waals surface area contributed by atoms with Gasteiger partial charge in [0.15, 0.2) is 5.60 Å². The van der Waals surface area contributed by atoms with Gasteiger partial charge in [-0.1, -0.05) is 26.7 Å². The highest BCUT2D eigenvalue weighted by atomic mass is 19.4. The minimum atomic E-state index is -4.64. The van der Waals surface area contributed by atoms with Crippen molar-refractivity contribution in [2.45, 2.75) is 70.7 Å². The van der Waals surface area contributed by atoms with Crippen molar-refractivity contribution in [1.82, 2.24) is 10.2 Å². The standard InChI is InChI=1S/C15H27F3N2O2/c1-11(2)5-4-6-12(3)19-13(21)20-9-7-14(22,8-10-20)15(16,17)18/h11-12,22H,4-10H2,1-3H3,(H,19,21). The molecule has 4 nitrogen and oxygen atoms in total. The zero-order valence-corrected chi connectivity index (χ0v) is 13.5. The number of hydrogen-bond acceptors (Lipinski definition) is 2. The maximum Gasteiger partial charge on any atom is 0.417 e. The van der Waals surface area contributed by atoms with Crippen molar-refractivity contribution in [2.75, 3.05) is 13.1 Å². The summed E-state index contributed by atoms with van der Waals surface area (Å²) in [4.78, 5) is 13.4. The number of halogens is 3. The summed E-state index contributed by atoms with van der Waals surface area (Å²) in [5.41, 5.74) is -2.66. The highest BCUT2D eigenvalue weighted by Gasteiger charge is 2.54. The van der Waals surface area contributed by atoms with Crippen LogP contribution in [0.3, 0.4) is 0 Å². The van der Waals surface area contributed by atoms with Gasteiger partial charge < -0.3 is 15.3 Å². The molecule has 1 unspecified atom stereocenters. The normalized spacial score (nSPS) is 20.1. The summed E-state index contributed by atoms with van der Waals surface area (Å²) in [6.07, 6.45) is -2.63. The molecule has 0 aromatic carbocycles. The third kappa shape index (κ3) is 5.34. The predicted octanol–water partition coefficient (Wildman–Crippen LogP) is 3.30. The smallest absolute Gasteiger partial charge is 0.380 e. The summed E-state index contributed by atoms with van der Waals surface area (Å²) in [6.45, 7) is 6.01. The van der Waals surface area contributed by atoms with Gasteiger partial charge in [0.25, 0.3) is 0 Å². The molecule has 7 heteroatoms. The monoisotopic (exact) mass is 324 g/mol. The molecule has 0 aliphatic carbocycles. The van der Waals surface area contributed by atoms with Crippen LogP contribution < -0.4 is 5.32 Å². The minimum Gasteiger partial charge on any atom is -0.380 e. The van der Waals surface area contributed by atoms with Crippen LogP contribution in [-0.2, 0) is 0 Å². The average molecular weight is 324 g/mol. The third-order valence-corrected chi connectivity index (χ3v) is 4.19. The Labute approximate surface area is 130 Å². The van der Waals surface area contributed by atoms with E-state index in [0.29, 0.717) is 5.92 Å². The van der Waals surface area contributed by atoms with Gasteiger partial charge in [0, 0.05) is 32.0 Å². The van der Waals surface area contributed by atoms with Crippen LogP contribution in [0.15, 0.2) is 0 Å². The van der Waals surface area contributed by atoms with Crippen molar-refractivity contribution in [3.63, 3.8) is 0 Å². The molecular formula is C15H27F3N2O2. The first-order valence-electron chi connectivity index (χ1n) is 7.90. The van der Waals surface area contributed by atoms with Gasteiger partial charge >= 0.3 is 12.2 Å². The van der Waals surface area contributed by atoms with Gasteiger partial charge in [0.2, 0.25) is 0 Å². The zero-order valence-electron chi connectivity index (χ0n) is 13.5. The van der Waals surface area contributed by atoms with E-state index in [4.69, 9.17) is 0 Å². The topological polar surface area (TPSA) is 52.6 Å². The van der Waals surface area contributed by atoms with Gasteiger partial charge in [0.1, 0.15) is 0 Å². The summed E-state index contributed by atoms with van der Waals surface area (Å²) in [5.74, 6) is 0.616. The number of aliphatic hydroxyl groups is 1. The second-order valence-corrected chi connectivity index (χ2v) is 6.69. The van der Waals surface area contributed by atoms with Crippen LogP contribution in [-0.4, -0.2) is 46.9 Å². The van der Waals surface area contributed by atoms with Crippen molar-refractivity contribution in [3.05, 3.63) is 0 Å². The van der Waals surface area contributed by atoms with Crippen LogP contribution in [0.4, 0.5) is 18.0 Å². The van der Waals surface area contributed by atoms with E-state index in [2.05, 4.69) is 19.2 Å². The van der Waals surface area contributed by atoms with Gasteiger partial charge in [0.05, 0.1) is 0 Å². The molecule has 2 amide bonds. The van der Waals surface area contributed by atoms with Crippen LogP contribution in [0.2, 0.25) is 0 Å². The van der Waals surface area contributed by atoms with Gasteiger partial charge in [-0.05, 0) is 19.3 Å². The van der Waals surface area contributed by atoms with E-state index < -0.39 is 24.6 Å². The molecule has 0 aromatic heterocycles. The lowest BCUT2D eigenvalue weighted by atomic mass is 9.91. The van der Waals surface area contributed by atoms with E-state index in [9.17, 15) is 23.1 Å². The highest BCUT2D eigenvalue weighted by Crippen LogP contribution is 2.38. The Kier molecular flexibility index (Phi) is 6.52. The summed E-state index contributed by atoms with van der Waals surface area (Å²) in [7, 11) is 0. The van der Waals surface area contributed by atoms with Crippen molar-refractivity contribution in [1.29, 1.82) is 0 Å². The number of likely N-dealkylation sites (tertiary alicyclic amines) is 1. The van der Waals surface area contributed by atoms with Crippen molar-refractivity contribution in [3.8, 4) is 0 Å². The quantitative estimate of drug-likeness (QED) is 0.815. The number of urea groups is 1. The molecule has 2 N–H and O–H groups in total. The first kappa shape index (κ1) is 19.1. The van der Waals surface area contributed by atoms with Gasteiger partial charge in [-0.2, -0.15) is 13.2 Å². The second-order valence-electron chi connectivity index (χ2n) is 6.69. The first-order valence-corrected chi connectivity index (χ1v) is 7.90. The number of amides is 2. The average Bonchev–Trinajstić information content (AvgIpc) is 2.37. The van der Waals surface area contributed by atoms with Crippen molar-refractivity contribution >= 4 is 6.03 Å². The van der Waals surface area contributed by atoms with E-state index >= 15 is 0 Å². The molecule has 0 radical (unpaired) electrons. The van der Waals surface area contributed by atoms with E-state index in [0.717, 1.165) is 19.3 Å². The third-order valence-electron chi connectivity index (χ3n) is 4.19. The molecule has 1 fully saturated rings. The fourth-order valence-corrected chi connectivity index (χ4v) is 2.57. The molecule has 0 saturated carbocycles. The van der Waals surface area contributed by atoms with Crippen LogP contribution in [0.1, 0.15) is 52.9 Å². The van der Waals surface area contributed by atoms with Crippen LogP contribution in [0, 0.1) is 5.92 Å². The Balaban J connectivity index is 2.36. The van der Waals surface area contributed by atoms with E-state index in [1.807, 2.05) is 6.92 Å². The molecular weight excluding hydrogens is 297 g/mol. The number of nitrogens with zero attached hydrogens (tertiary/aromatic N) is 1. The Bertz CT molecular complexity index is 364. The largest absolute Gasteiger partial charge is 0.417 e. The number of piperidine rings is 1. The molecule has 22 heavy (non-hydrogen) atoms. The number of carbonyl (C=O) groups excluding carboxylic acids is 1. The molecule has 1 aliphatic heterocycles. The molecule has 0 aromatic rings. The van der Waals surface area contributed by atoms with E-state index in [1.54, 1.807) is 0 Å². The lowest BCUT2D eigenvalue weighted by Crippen LogP contribution is -2.56. The number of carbonyl (C=O) groups is 1. The number of hydrogen-bond donors (Lipinski definition) is 2. The Morgan fingerprint density at radius 2 is 1.77 bits per heavy atom. The number of rotatable bonds is 5. The first-order chi connectivity index (χ1) is 10.0. The Morgan fingerprint density at radius 1 is 1.23 bits per heavy atom. The van der Waals surface area contributed by atoms with Gasteiger partial charge in [-0.3, -0.25) is 0 Å². The van der Waals surface area contributed by atoms with Crippen molar-refractivity contribution in [2.24, 2.45) is 5.92 Å². The second kappa shape index (κ2) is 7.53. The zero-order chi connectivity index (χ0) is 17.0. The van der Waals surface area contributed by atoms with Crippen LogP contribution in [0.25, 0.3) is 0 Å². The summed E-state index contributed by atoms with van der Waals surface area (Å²) >= 11 is 0. The Morgan fingerprint density at radius 3 is 2.23 bits per heavy atom. The fourth-order valence-electron chi connectivity index (χ4n) is 2.57. The molecule has 130 valence electrons. The molecule has 1 heterocycles. The number of alkyl halides is 3. The molecule has 1 saturated heterocycles. The molecule has 0 bridgehead atoms. The Hall–Kier alpha value is -0.980. The molecule has 1 aliphatic rings. The lowest BCUT2D eigenvalue weighted by molar-refractivity contribution is -0.271. The van der Waals surface area contributed by atoms with E-state index in [-0.39, 0.29) is 25.2 Å². The summed E-state index contributed by atoms with van der Waals surface area (Å²) < 4.78 is 38.1. The van der Waals surface area contributed by atoms with Crippen LogP contribution >= 0.6 is 0 Å². The lowest BCUT2D eigenvalue weighted by Gasteiger charge is -2.39. The summed E-state index contributed by atoms with van der Waals surface area (Å²) in [6, 6.07) is -0.351. The maximum absolute atomic E-state index is 12.7. The van der Waals surface area contributed by atoms with Gasteiger partial charge in [-0.15, -0.1) is 0 Å². The SMILES string of the molecule is CC(C)CCCC(C)NC(=O)N1CCC(O)(C(F)(F)F)CC1. The summed E-state index contributed by atoms with van der Waals surface area (Å²) in [5, 5.41) is 12.4. The number of nitrogens with one attached hydrogen (secondary N) is 1. The van der Waals surface area contributed by atoms with Crippen molar-refractivity contribution < 1.29 is 23.1 Å². The molecule has 0 spiro atoms. The van der Waals surface area contributed by atoms with Gasteiger partial charge in [-0.25, -0.2) is 4.79 Å². The predicted molar refractivity (Wildman–Crippen MR) is 78.5 cm³/mol.